The minimum atomic E-state index is -0.477. The Hall–Kier alpha value is -1.26. The minimum absolute atomic E-state index is 0.126. The van der Waals surface area contributed by atoms with Gasteiger partial charge in [0.15, 0.2) is 0 Å². The molecule has 1 fully saturated rings. The minimum Gasteiger partial charge on any atom is -0.487 e. The normalized spacial score (nSPS) is 20.5. The summed E-state index contributed by atoms with van der Waals surface area (Å²) in [5, 5.41) is 0.504. The molecule has 1 saturated heterocycles. The van der Waals surface area contributed by atoms with Crippen LogP contribution in [-0.2, 0) is 0 Å². The lowest BCUT2D eigenvalue weighted by atomic mass is 10.2. The zero-order valence-corrected chi connectivity index (χ0v) is 10.4. The number of primary amides is 1. The van der Waals surface area contributed by atoms with E-state index in [9.17, 15) is 4.79 Å². The van der Waals surface area contributed by atoms with Gasteiger partial charge in [-0.05, 0) is 31.7 Å². The lowest BCUT2D eigenvalue weighted by molar-refractivity contribution is 0.0999. The number of amides is 1. The van der Waals surface area contributed by atoms with Crippen LogP contribution in [0.2, 0.25) is 5.02 Å². The Kier molecular flexibility index (Phi) is 3.54. The smallest absolute Gasteiger partial charge is 0.248 e. The Labute approximate surface area is 105 Å². The number of nitrogens with two attached hydrogens (primary N) is 1. The van der Waals surface area contributed by atoms with Crippen LogP contribution in [0.3, 0.4) is 0 Å². The Balaban J connectivity index is 2.14. The van der Waals surface area contributed by atoms with Gasteiger partial charge in [-0.3, -0.25) is 4.79 Å². The standard InChI is InChI=1S/C12H15ClN2O2/c1-15-5-4-9(7-15)17-11-6-8(12(14)16)2-3-10(11)13/h2-3,6,9H,4-5,7H2,1H3,(H2,14,16). The summed E-state index contributed by atoms with van der Waals surface area (Å²) in [4.78, 5) is 13.3. The number of ether oxygens (including phenoxy) is 1. The number of carbonyl (C=O) groups excluding carboxylic acids is 1. The summed E-state index contributed by atoms with van der Waals surface area (Å²) < 4.78 is 5.79. The third kappa shape index (κ3) is 2.90. The molecule has 0 aliphatic carbocycles. The van der Waals surface area contributed by atoms with Crippen LogP contribution in [-0.4, -0.2) is 37.0 Å². The predicted octanol–water partition coefficient (Wildman–Crippen LogP) is 1.52. The average molecular weight is 255 g/mol. The molecule has 0 spiro atoms. The van der Waals surface area contributed by atoms with E-state index >= 15 is 0 Å². The first-order valence-corrected chi connectivity index (χ1v) is 5.88. The molecular formula is C12H15ClN2O2. The molecule has 1 aliphatic heterocycles. The average Bonchev–Trinajstić information content (AvgIpc) is 2.67. The second-order valence-corrected chi connectivity index (χ2v) is 4.71. The van der Waals surface area contributed by atoms with Gasteiger partial charge in [-0.1, -0.05) is 11.6 Å². The molecule has 2 N–H and O–H groups in total. The molecule has 5 heteroatoms. The van der Waals surface area contributed by atoms with Crippen LogP contribution in [0.15, 0.2) is 18.2 Å². The van der Waals surface area contributed by atoms with E-state index in [2.05, 4.69) is 4.90 Å². The van der Waals surface area contributed by atoms with Crippen LogP contribution < -0.4 is 10.5 Å². The van der Waals surface area contributed by atoms with Crippen molar-refractivity contribution in [2.75, 3.05) is 20.1 Å². The van der Waals surface area contributed by atoms with Crippen molar-refractivity contribution in [1.82, 2.24) is 4.90 Å². The first-order valence-electron chi connectivity index (χ1n) is 5.51. The number of rotatable bonds is 3. The molecule has 1 aliphatic rings. The van der Waals surface area contributed by atoms with E-state index in [1.165, 1.54) is 0 Å². The highest BCUT2D eigenvalue weighted by atomic mass is 35.5. The molecular weight excluding hydrogens is 240 g/mol. The van der Waals surface area contributed by atoms with Crippen molar-refractivity contribution in [3.63, 3.8) is 0 Å². The summed E-state index contributed by atoms with van der Waals surface area (Å²) in [6, 6.07) is 4.83. The van der Waals surface area contributed by atoms with Crippen LogP contribution >= 0.6 is 11.6 Å². The van der Waals surface area contributed by atoms with Gasteiger partial charge in [0.2, 0.25) is 5.91 Å². The van der Waals surface area contributed by atoms with E-state index in [4.69, 9.17) is 22.1 Å². The zero-order valence-electron chi connectivity index (χ0n) is 9.65. The van der Waals surface area contributed by atoms with Gasteiger partial charge in [0.1, 0.15) is 11.9 Å². The van der Waals surface area contributed by atoms with Crippen molar-refractivity contribution >= 4 is 17.5 Å². The number of hydrogen-bond donors (Lipinski definition) is 1. The van der Waals surface area contributed by atoms with Crippen molar-refractivity contribution < 1.29 is 9.53 Å². The van der Waals surface area contributed by atoms with Crippen molar-refractivity contribution in [2.45, 2.75) is 12.5 Å². The largest absolute Gasteiger partial charge is 0.487 e. The summed E-state index contributed by atoms with van der Waals surface area (Å²) in [5.41, 5.74) is 5.63. The van der Waals surface area contributed by atoms with Crippen LogP contribution in [0.25, 0.3) is 0 Å². The highest BCUT2D eigenvalue weighted by molar-refractivity contribution is 6.32. The molecule has 0 radical (unpaired) electrons. The molecule has 1 unspecified atom stereocenters. The Morgan fingerprint density at radius 1 is 1.59 bits per heavy atom. The third-order valence-corrected chi connectivity index (χ3v) is 3.17. The first kappa shape index (κ1) is 12.2. The Morgan fingerprint density at radius 2 is 2.35 bits per heavy atom. The van der Waals surface area contributed by atoms with Gasteiger partial charge in [0.25, 0.3) is 0 Å². The molecule has 2 rings (SSSR count). The summed E-state index contributed by atoms with van der Waals surface area (Å²) in [7, 11) is 2.05. The fraction of sp³-hybridized carbons (Fsp3) is 0.417. The van der Waals surface area contributed by atoms with Gasteiger partial charge < -0.3 is 15.4 Å². The van der Waals surface area contributed by atoms with Crippen LogP contribution in [0, 0.1) is 0 Å². The molecule has 1 heterocycles. The van der Waals surface area contributed by atoms with Crippen molar-refractivity contribution in [1.29, 1.82) is 0 Å². The van der Waals surface area contributed by atoms with Crippen LogP contribution in [0.5, 0.6) is 5.75 Å². The van der Waals surface area contributed by atoms with E-state index in [0.29, 0.717) is 16.3 Å². The summed E-state index contributed by atoms with van der Waals surface area (Å²) in [5.74, 6) is 0.0540. The van der Waals surface area contributed by atoms with Gasteiger partial charge in [0, 0.05) is 18.7 Å². The Bertz CT molecular complexity index is 437. The molecule has 0 bridgehead atoms. The number of carbonyl (C=O) groups is 1. The topological polar surface area (TPSA) is 55.6 Å². The van der Waals surface area contributed by atoms with Crippen LogP contribution in [0.4, 0.5) is 0 Å². The maximum Gasteiger partial charge on any atom is 0.248 e. The number of halogens is 1. The molecule has 1 aromatic rings. The molecule has 0 aromatic heterocycles. The molecule has 17 heavy (non-hydrogen) atoms. The maximum atomic E-state index is 11.1. The number of benzene rings is 1. The van der Waals surface area contributed by atoms with Gasteiger partial charge in [-0.25, -0.2) is 0 Å². The van der Waals surface area contributed by atoms with Gasteiger partial charge in [-0.2, -0.15) is 0 Å². The molecule has 0 saturated carbocycles. The van der Waals surface area contributed by atoms with Crippen LogP contribution in [0.1, 0.15) is 16.8 Å². The van der Waals surface area contributed by atoms with Gasteiger partial charge in [0.05, 0.1) is 5.02 Å². The molecule has 4 nitrogen and oxygen atoms in total. The van der Waals surface area contributed by atoms with E-state index in [1.54, 1.807) is 18.2 Å². The monoisotopic (exact) mass is 254 g/mol. The number of likely N-dealkylation sites (tertiary alicyclic amines) is 1. The second kappa shape index (κ2) is 4.94. The molecule has 1 aromatic carbocycles. The van der Waals surface area contributed by atoms with Gasteiger partial charge >= 0.3 is 0 Å². The maximum absolute atomic E-state index is 11.1. The lowest BCUT2D eigenvalue weighted by Crippen LogP contribution is -2.21. The number of nitrogens with zero attached hydrogens (tertiary/aromatic N) is 1. The predicted molar refractivity (Wildman–Crippen MR) is 66.5 cm³/mol. The van der Waals surface area contributed by atoms with E-state index in [1.807, 2.05) is 7.05 Å². The number of likely N-dealkylation sites (N-methyl/N-ethyl adjacent to an activating group) is 1. The molecule has 1 atom stereocenters. The number of hydrogen-bond acceptors (Lipinski definition) is 3. The van der Waals surface area contributed by atoms with E-state index in [0.717, 1.165) is 19.5 Å². The highest BCUT2D eigenvalue weighted by Gasteiger charge is 2.22. The summed E-state index contributed by atoms with van der Waals surface area (Å²) >= 11 is 6.02. The van der Waals surface area contributed by atoms with Crippen molar-refractivity contribution in [2.24, 2.45) is 5.73 Å². The molecule has 92 valence electrons. The SMILES string of the molecule is CN1CCC(Oc2cc(C(N)=O)ccc2Cl)C1. The quantitative estimate of drug-likeness (QED) is 0.890. The fourth-order valence-corrected chi connectivity index (χ4v) is 2.08. The zero-order chi connectivity index (χ0) is 12.4. The Morgan fingerprint density at radius 3 is 2.94 bits per heavy atom. The summed E-state index contributed by atoms with van der Waals surface area (Å²) in [6.45, 7) is 1.88. The van der Waals surface area contributed by atoms with Crippen molar-refractivity contribution in [3.05, 3.63) is 28.8 Å². The third-order valence-electron chi connectivity index (χ3n) is 2.86. The molecule has 1 amide bonds. The lowest BCUT2D eigenvalue weighted by Gasteiger charge is -2.15. The summed E-state index contributed by atoms with van der Waals surface area (Å²) in [6.07, 6.45) is 1.09. The second-order valence-electron chi connectivity index (χ2n) is 4.30. The van der Waals surface area contributed by atoms with Gasteiger partial charge in [-0.15, -0.1) is 0 Å². The van der Waals surface area contributed by atoms with E-state index < -0.39 is 5.91 Å². The first-order chi connectivity index (χ1) is 8.06. The van der Waals surface area contributed by atoms with E-state index in [-0.39, 0.29) is 6.10 Å². The fourth-order valence-electron chi connectivity index (χ4n) is 1.92. The van der Waals surface area contributed by atoms with Crippen molar-refractivity contribution in [3.8, 4) is 5.75 Å². The highest BCUT2D eigenvalue weighted by Crippen LogP contribution is 2.28.